The molecule has 27 heavy (non-hydrogen) atoms. The first-order valence-electron chi connectivity index (χ1n) is 8.72. The molecule has 142 valence electrons. The summed E-state index contributed by atoms with van der Waals surface area (Å²) in [4.78, 5) is 0.116. The largest absolute Gasteiger partial charge is 0.493 e. The van der Waals surface area contributed by atoms with Gasteiger partial charge in [0.25, 0.3) is 0 Å². The highest BCUT2D eigenvalue weighted by atomic mass is 32.2. The Kier molecular flexibility index (Phi) is 5.98. The summed E-state index contributed by atoms with van der Waals surface area (Å²) in [5.41, 5.74) is 1.05. The number of hydrogen-bond donors (Lipinski definition) is 0. The van der Waals surface area contributed by atoms with Gasteiger partial charge in [-0.25, -0.2) is 0 Å². The van der Waals surface area contributed by atoms with Crippen LogP contribution in [0.3, 0.4) is 0 Å². The molecule has 0 aromatic heterocycles. The van der Waals surface area contributed by atoms with Gasteiger partial charge in [-0.05, 0) is 43.2 Å². The number of hydrogen-bond acceptors (Lipinski definition) is 5. The highest BCUT2D eigenvalue weighted by Crippen LogP contribution is 2.32. The Morgan fingerprint density at radius 1 is 0.889 bits per heavy atom. The molecule has 0 unspecified atom stereocenters. The first-order valence-corrected chi connectivity index (χ1v) is 10.1. The monoisotopic (exact) mass is 386 g/mol. The quantitative estimate of drug-likeness (QED) is 0.543. The van der Waals surface area contributed by atoms with E-state index >= 15 is 0 Å². The van der Waals surface area contributed by atoms with E-state index in [0.29, 0.717) is 24.3 Å². The lowest BCUT2D eigenvalue weighted by atomic mass is 10.1. The summed E-state index contributed by atoms with van der Waals surface area (Å²) in [6, 6.07) is 17.4. The van der Waals surface area contributed by atoms with Gasteiger partial charge >= 0.3 is 10.1 Å². The van der Waals surface area contributed by atoms with Gasteiger partial charge in [0.2, 0.25) is 0 Å². The van der Waals surface area contributed by atoms with E-state index in [-0.39, 0.29) is 10.6 Å². The van der Waals surface area contributed by atoms with E-state index in [2.05, 4.69) is 0 Å². The lowest BCUT2D eigenvalue weighted by Gasteiger charge is -2.13. The van der Waals surface area contributed by atoms with Crippen molar-refractivity contribution in [2.45, 2.75) is 18.2 Å². The Hall–Kier alpha value is -2.57. The van der Waals surface area contributed by atoms with E-state index in [1.54, 1.807) is 37.4 Å². The summed E-state index contributed by atoms with van der Waals surface area (Å²) in [5, 5.41) is 1.30. The predicted molar refractivity (Wildman–Crippen MR) is 105 cm³/mol. The molecule has 0 saturated heterocycles. The van der Waals surface area contributed by atoms with E-state index in [4.69, 9.17) is 13.7 Å². The van der Waals surface area contributed by atoms with Gasteiger partial charge < -0.3 is 13.7 Å². The number of rotatable bonds is 8. The summed E-state index contributed by atoms with van der Waals surface area (Å²) in [7, 11) is -2.34. The van der Waals surface area contributed by atoms with E-state index in [9.17, 15) is 8.42 Å². The Balaban J connectivity index is 1.92. The molecule has 0 radical (unpaired) electrons. The molecule has 3 aromatic rings. The van der Waals surface area contributed by atoms with Crippen LogP contribution in [-0.2, 0) is 21.3 Å². The average molecular weight is 386 g/mol. The Morgan fingerprint density at radius 3 is 2.26 bits per heavy atom. The Bertz CT molecular complexity index is 1010. The van der Waals surface area contributed by atoms with E-state index in [1.165, 1.54) is 6.07 Å². The van der Waals surface area contributed by atoms with Crippen molar-refractivity contribution in [3.05, 3.63) is 66.2 Å². The second-order valence-corrected chi connectivity index (χ2v) is 7.48. The minimum atomic E-state index is -3.98. The molecule has 0 N–H and O–H groups in total. The summed E-state index contributed by atoms with van der Waals surface area (Å²) >= 11 is 0. The fourth-order valence-electron chi connectivity index (χ4n) is 2.85. The Morgan fingerprint density at radius 2 is 1.59 bits per heavy atom. The summed E-state index contributed by atoms with van der Waals surface area (Å²) < 4.78 is 41.7. The third kappa shape index (κ3) is 4.40. The smallest absolute Gasteiger partial charge is 0.339 e. The first kappa shape index (κ1) is 19.2. The van der Waals surface area contributed by atoms with Gasteiger partial charge in [-0.15, -0.1) is 0 Å². The Labute approximate surface area is 159 Å². The fourth-order valence-corrected chi connectivity index (χ4v) is 3.98. The maximum atomic E-state index is 12.9. The van der Waals surface area contributed by atoms with Crippen LogP contribution in [0.2, 0.25) is 0 Å². The van der Waals surface area contributed by atoms with Crippen molar-refractivity contribution >= 4 is 20.9 Å². The standard InChI is InChI=1S/C21H22O5S/c1-3-25-20-12-13-21(19-7-5-4-6-18(19)20)27(22,23)26-17-10-8-16(9-11-17)14-15-24-2/h4-13H,3,14-15H2,1-2H3. The fraction of sp³-hybridized carbons (Fsp3) is 0.238. The van der Waals surface area contributed by atoms with Crippen LogP contribution in [0.1, 0.15) is 12.5 Å². The van der Waals surface area contributed by atoms with Gasteiger partial charge in [0.05, 0.1) is 13.2 Å². The van der Waals surface area contributed by atoms with Gasteiger partial charge in [0.1, 0.15) is 16.4 Å². The molecule has 0 bridgehead atoms. The highest BCUT2D eigenvalue weighted by Gasteiger charge is 2.21. The van der Waals surface area contributed by atoms with Gasteiger partial charge in [-0.2, -0.15) is 8.42 Å². The highest BCUT2D eigenvalue weighted by molar-refractivity contribution is 7.87. The topological polar surface area (TPSA) is 61.8 Å². The molecule has 5 nitrogen and oxygen atoms in total. The molecule has 0 saturated carbocycles. The molecule has 0 aliphatic heterocycles. The van der Waals surface area contributed by atoms with Crippen molar-refractivity contribution in [3.8, 4) is 11.5 Å². The number of ether oxygens (including phenoxy) is 2. The van der Waals surface area contributed by atoms with Crippen LogP contribution in [0.25, 0.3) is 10.8 Å². The second-order valence-electron chi connectivity index (χ2n) is 5.96. The third-order valence-corrected chi connectivity index (χ3v) is 5.44. The van der Waals surface area contributed by atoms with Gasteiger partial charge in [-0.3, -0.25) is 0 Å². The lowest BCUT2D eigenvalue weighted by Crippen LogP contribution is -2.10. The summed E-state index contributed by atoms with van der Waals surface area (Å²) in [6.45, 7) is 3.00. The summed E-state index contributed by atoms with van der Waals surface area (Å²) in [6.07, 6.45) is 0.757. The zero-order valence-electron chi connectivity index (χ0n) is 15.3. The third-order valence-electron chi connectivity index (χ3n) is 4.14. The number of methoxy groups -OCH3 is 1. The molecule has 0 amide bonds. The van der Waals surface area contributed by atoms with Crippen LogP contribution < -0.4 is 8.92 Å². The lowest BCUT2D eigenvalue weighted by molar-refractivity contribution is 0.202. The van der Waals surface area contributed by atoms with Crippen LogP contribution in [0.5, 0.6) is 11.5 Å². The molecule has 0 fully saturated rings. The molecule has 0 heterocycles. The van der Waals surface area contributed by atoms with Crippen molar-refractivity contribution in [3.63, 3.8) is 0 Å². The molecular weight excluding hydrogens is 364 g/mol. The van der Waals surface area contributed by atoms with Crippen LogP contribution >= 0.6 is 0 Å². The van der Waals surface area contributed by atoms with Crippen LogP contribution in [-0.4, -0.2) is 28.7 Å². The zero-order valence-corrected chi connectivity index (χ0v) is 16.2. The van der Waals surface area contributed by atoms with E-state index in [1.807, 2.05) is 31.2 Å². The number of fused-ring (bicyclic) bond motifs is 1. The van der Waals surface area contributed by atoms with Crippen molar-refractivity contribution in [1.82, 2.24) is 0 Å². The zero-order chi connectivity index (χ0) is 19.3. The number of benzene rings is 3. The van der Waals surface area contributed by atoms with Crippen molar-refractivity contribution < 1.29 is 22.1 Å². The van der Waals surface area contributed by atoms with Crippen molar-refractivity contribution in [2.24, 2.45) is 0 Å². The molecule has 3 rings (SSSR count). The molecule has 0 aliphatic carbocycles. The molecule has 0 atom stereocenters. The van der Waals surface area contributed by atoms with Crippen LogP contribution in [0.4, 0.5) is 0 Å². The molecular formula is C21H22O5S. The molecule has 0 aliphatic rings. The van der Waals surface area contributed by atoms with Crippen LogP contribution in [0, 0.1) is 0 Å². The van der Waals surface area contributed by atoms with Gasteiger partial charge in [0.15, 0.2) is 0 Å². The normalized spacial score (nSPS) is 11.5. The SMILES string of the molecule is CCOc1ccc(S(=O)(=O)Oc2ccc(CCOC)cc2)c2ccccc12. The average Bonchev–Trinajstić information content (AvgIpc) is 2.67. The molecule has 0 spiro atoms. The maximum absolute atomic E-state index is 12.9. The minimum Gasteiger partial charge on any atom is -0.493 e. The van der Waals surface area contributed by atoms with E-state index in [0.717, 1.165) is 17.4 Å². The van der Waals surface area contributed by atoms with E-state index < -0.39 is 10.1 Å². The second kappa shape index (κ2) is 8.41. The minimum absolute atomic E-state index is 0.116. The predicted octanol–water partition coefficient (Wildman–Crippen LogP) is 4.20. The molecule has 6 heteroatoms. The van der Waals surface area contributed by atoms with Gasteiger partial charge in [-0.1, -0.05) is 36.4 Å². The molecule has 3 aromatic carbocycles. The van der Waals surface area contributed by atoms with Crippen molar-refractivity contribution in [2.75, 3.05) is 20.3 Å². The van der Waals surface area contributed by atoms with Crippen LogP contribution in [0.15, 0.2) is 65.6 Å². The first-order chi connectivity index (χ1) is 13.0. The van der Waals surface area contributed by atoms with Gasteiger partial charge in [0, 0.05) is 17.9 Å². The summed E-state index contributed by atoms with van der Waals surface area (Å²) in [5.74, 6) is 0.920. The van der Waals surface area contributed by atoms with Crippen molar-refractivity contribution in [1.29, 1.82) is 0 Å². The maximum Gasteiger partial charge on any atom is 0.339 e.